The smallest absolute Gasteiger partial charge is 0.307 e. The fraction of sp³-hybridized carbons (Fsp3) is 0.423. The Morgan fingerprint density at radius 3 is 2.16 bits per heavy atom. The van der Waals surface area contributed by atoms with Crippen molar-refractivity contribution < 1.29 is 19.1 Å². The minimum absolute atomic E-state index is 0.0498. The van der Waals surface area contributed by atoms with Gasteiger partial charge in [0.15, 0.2) is 0 Å². The maximum absolute atomic E-state index is 12.9. The number of hydrogen-bond acceptors (Lipinski definition) is 4. The molecule has 1 unspecified atom stereocenters. The molecule has 6 heteroatoms. The predicted molar refractivity (Wildman–Crippen MR) is 123 cm³/mol. The van der Waals surface area contributed by atoms with Crippen LogP contribution in [0.2, 0.25) is 0 Å². The molecule has 1 aliphatic heterocycles. The van der Waals surface area contributed by atoms with Crippen LogP contribution in [-0.2, 0) is 32.0 Å². The van der Waals surface area contributed by atoms with Crippen LogP contribution in [0.15, 0.2) is 60.7 Å². The van der Waals surface area contributed by atoms with Crippen molar-refractivity contribution >= 4 is 17.8 Å². The van der Waals surface area contributed by atoms with E-state index in [4.69, 9.17) is 4.74 Å². The molecule has 1 fully saturated rings. The van der Waals surface area contributed by atoms with Gasteiger partial charge in [0.05, 0.1) is 13.5 Å². The van der Waals surface area contributed by atoms with Gasteiger partial charge in [0, 0.05) is 31.5 Å². The van der Waals surface area contributed by atoms with Gasteiger partial charge in [0.1, 0.15) is 0 Å². The highest BCUT2D eigenvalue weighted by atomic mass is 16.5. The highest BCUT2D eigenvalue weighted by Gasteiger charge is 2.29. The second kappa shape index (κ2) is 12.0. The molecule has 0 radical (unpaired) electrons. The SMILES string of the molecule is COC(=O)CC(Cc1ccccc1)NC(=O)C1CCN(C(=O)CCc2ccccc2)CC1. The van der Waals surface area contributed by atoms with Crippen LogP contribution < -0.4 is 5.32 Å². The molecule has 170 valence electrons. The summed E-state index contributed by atoms with van der Waals surface area (Å²) in [6.07, 6.45) is 3.19. The highest BCUT2D eigenvalue weighted by Crippen LogP contribution is 2.19. The number of carbonyl (C=O) groups excluding carboxylic acids is 3. The lowest BCUT2D eigenvalue weighted by molar-refractivity contribution is -0.141. The Bertz CT molecular complexity index is 877. The molecule has 0 aliphatic carbocycles. The molecular formula is C26H32N2O4. The molecule has 1 aliphatic rings. The summed E-state index contributed by atoms with van der Waals surface area (Å²) in [6, 6.07) is 19.5. The quantitative estimate of drug-likeness (QED) is 0.613. The van der Waals surface area contributed by atoms with Crippen LogP contribution in [0.5, 0.6) is 0 Å². The Kier molecular flexibility index (Phi) is 8.84. The standard InChI is InChI=1S/C26H32N2O4/c1-32-25(30)19-23(18-21-10-6-3-7-11-21)27-26(31)22-14-16-28(17-15-22)24(29)13-12-20-8-4-2-5-9-20/h2-11,22-23H,12-19H2,1H3,(H,27,31). The summed E-state index contributed by atoms with van der Waals surface area (Å²) in [5.74, 6) is -0.402. The molecular weight excluding hydrogens is 404 g/mol. The fourth-order valence-corrected chi connectivity index (χ4v) is 4.12. The van der Waals surface area contributed by atoms with Crippen molar-refractivity contribution in [2.45, 2.75) is 44.6 Å². The van der Waals surface area contributed by atoms with E-state index < -0.39 is 0 Å². The van der Waals surface area contributed by atoms with E-state index in [1.165, 1.54) is 7.11 Å². The number of methoxy groups -OCH3 is 1. The maximum atomic E-state index is 12.9. The number of piperidine rings is 1. The number of nitrogens with one attached hydrogen (secondary N) is 1. The molecule has 1 saturated heterocycles. The molecule has 2 aromatic carbocycles. The number of esters is 1. The Labute approximate surface area is 189 Å². The number of likely N-dealkylation sites (tertiary alicyclic amines) is 1. The van der Waals surface area contributed by atoms with E-state index in [0.29, 0.717) is 38.8 Å². The molecule has 0 bridgehead atoms. The summed E-state index contributed by atoms with van der Waals surface area (Å²) in [5, 5.41) is 3.05. The van der Waals surface area contributed by atoms with Crippen LogP contribution in [-0.4, -0.2) is 48.9 Å². The number of amides is 2. The first-order valence-corrected chi connectivity index (χ1v) is 11.3. The number of carbonyl (C=O) groups is 3. The Hall–Kier alpha value is -3.15. The lowest BCUT2D eigenvalue weighted by Crippen LogP contribution is -2.46. The molecule has 0 aromatic heterocycles. The summed E-state index contributed by atoms with van der Waals surface area (Å²) < 4.78 is 4.81. The van der Waals surface area contributed by atoms with Gasteiger partial charge < -0.3 is 15.0 Å². The summed E-state index contributed by atoms with van der Waals surface area (Å²) in [7, 11) is 1.36. The topological polar surface area (TPSA) is 75.7 Å². The van der Waals surface area contributed by atoms with Crippen LogP contribution in [0, 0.1) is 5.92 Å². The average molecular weight is 437 g/mol. The van der Waals surface area contributed by atoms with Gasteiger partial charge in [-0.3, -0.25) is 14.4 Å². The van der Waals surface area contributed by atoms with Gasteiger partial charge in [-0.05, 0) is 36.8 Å². The zero-order valence-electron chi connectivity index (χ0n) is 18.7. The number of ether oxygens (including phenoxy) is 1. The largest absolute Gasteiger partial charge is 0.469 e. The molecule has 3 rings (SSSR count). The van der Waals surface area contributed by atoms with E-state index in [1.54, 1.807) is 0 Å². The third kappa shape index (κ3) is 7.22. The Balaban J connectivity index is 1.48. The van der Waals surface area contributed by atoms with E-state index in [-0.39, 0.29) is 36.2 Å². The lowest BCUT2D eigenvalue weighted by Gasteiger charge is -2.32. The third-order valence-corrected chi connectivity index (χ3v) is 6.00. The van der Waals surface area contributed by atoms with Crippen LogP contribution in [0.3, 0.4) is 0 Å². The van der Waals surface area contributed by atoms with E-state index in [1.807, 2.05) is 65.6 Å². The van der Waals surface area contributed by atoms with Crippen molar-refractivity contribution in [2.24, 2.45) is 5.92 Å². The Morgan fingerprint density at radius 1 is 0.969 bits per heavy atom. The molecule has 1 N–H and O–H groups in total. The first kappa shape index (κ1) is 23.5. The minimum atomic E-state index is -0.343. The van der Waals surface area contributed by atoms with Crippen LogP contribution in [0.25, 0.3) is 0 Å². The number of benzene rings is 2. The van der Waals surface area contributed by atoms with Crippen molar-refractivity contribution in [3.63, 3.8) is 0 Å². The highest BCUT2D eigenvalue weighted by molar-refractivity contribution is 5.81. The summed E-state index contributed by atoms with van der Waals surface area (Å²) >= 11 is 0. The van der Waals surface area contributed by atoms with Gasteiger partial charge in [-0.15, -0.1) is 0 Å². The van der Waals surface area contributed by atoms with Crippen molar-refractivity contribution in [1.29, 1.82) is 0 Å². The number of nitrogens with zero attached hydrogens (tertiary/aromatic N) is 1. The summed E-state index contributed by atoms with van der Waals surface area (Å²) in [4.78, 5) is 39.1. The van der Waals surface area contributed by atoms with Crippen molar-refractivity contribution in [3.8, 4) is 0 Å². The average Bonchev–Trinajstić information content (AvgIpc) is 2.83. The first-order chi connectivity index (χ1) is 15.5. The first-order valence-electron chi connectivity index (χ1n) is 11.3. The number of rotatable bonds is 9. The van der Waals surface area contributed by atoms with Crippen molar-refractivity contribution in [3.05, 3.63) is 71.8 Å². The van der Waals surface area contributed by atoms with Gasteiger partial charge in [-0.2, -0.15) is 0 Å². The molecule has 2 amide bonds. The van der Waals surface area contributed by atoms with Gasteiger partial charge in [-0.1, -0.05) is 60.7 Å². The van der Waals surface area contributed by atoms with Gasteiger partial charge >= 0.3 is 5.97 Å². The van der Waals surface area contributed by atoms with Crippen LogP contribution in [0.4, 0.5) is 0 Å². The van der Waals surface area contributed by atoms with Gasteiger partial charge in [-0.25, -0.2) is 0 Å². The molecule has 6 nitrogen and oxygen atoms in total. The molecule has 32 heavy (non-hydrogen) atoms. The lowest BCUT2D eigenvalue weighted by atomic mass is 9.94. The zero-order valence-corrected chi connectivity index (χ0v) is 18.7. The monoisotopic (exact) mass is 436 g/mol. The maximum Gasteiger partial charge on any atom is 0.307 e. The summed E-state index contributed by atoms with van der Waals surface area (Å²) in [5.41, 5.74) is 2.21. The van der Waals surface area contributed by atoms with Crippen molar-refractivity contribution in [2.75, 3.05) is 20.2 Å². The molecule has 1 atom stereocenters. The zero-order chi connectivity index (χ0) is 22.8. The second-order valence-corrected chi connectivity index (χ2v) is 8.32. The normalized spacial score (nSPS) is 15.1. The summed E-state index contributed by atoms with van der Waals surface area (Å²) in [6.45, 7) is 1.18. The molecule has 2 aromatic rings. The number of hydrogen-bond donors (Lipinski definition) is 1. The fourth-order valence-electron chi connectivity index (χ4n) is 4.12. The predicted octanol–water partition coefficient (Wildman–Crippen LogP) is 3.15. The van der Waals surface area contributed by atoms with E-state index >= 15 is 0 Å². The van der Waals surface area contributed by atoms with E-state index in [2.05, 4.69) is 5.32 Å². The van der Waals surface area contributed by atoms with E-state index in [9.17, 15) is 14.4 Å². The number of aryl methyl sites for hydroxylation is 1. The van der Waals surface area contributed by atoms with E-state index in [0.717, 1.165) is 17.5 Å². The van der Waals surface area contributed by atoms with Crippen LogP contribution in [0.1, 0.15) is 36.8 Å². The molecule has 1 heterocycles. The molecule has 0 saturated carbocycles. The van der Waals surface area contributed by atoms with Crippen molar-refractivity contribution in [1.82, 2.24) is 10.2 Å². The van der Waals surface area contributed by atoms with Gasteiger partial charge in [0.25, 0.3) is 0 Å². The minimum Gasteiger partial charge on any atom is -0.469 e. The molecule has 0 spiro atoms. The second-order valence-electron chi connectivity index (χ2n) is 8.32. The van der Waals surface area contributed by atoms with Gasteiger partial charge in [0.2, 0.25) is 11.8 Å². The Morgan fingerprint density at radius 2 is 1.56 bits per heavy atom. The third-order valence-electron chi connectivity index (χ3n) is 6.00. The van der Waals surface area contributed by atoms with Crippen LogP contribution >= 0.6 is 0 Å².